The number of aryl methyl sites for hydroxylation is 2. The van der Waals surface area contributed by atoms with Crippen LogP contribution in [0.5, 0.6) is 0 Å². The largest absolute Gasteiger partial charge is 0.462 e. The van der Waals surface area contributed by atoms with Gasteiger partial charge in [-0.05, 0) is 56.7 Å². The van der Waals surface area contributed by atoms with Gasteiger partial charge in [-0.3, -0.25) is 14.4 Å². The van der Waals surface area contributed by atoms with E-state index in [4.69, 9.17) is 9.47 Å². The first-order valence-corrected chi connectivity index (χ1v) is 10.4. The molecule has 8 nitrogen and oxygen atoms in total. The maximum Gasteiger partial charge on any atom is 0.338 e. The fourth-order valence-electron chi connectivity index (χ4n) is 3.50. The number of ether oxygens (including phenoxy) is 2. The Labute approximate surface area is 186 Å². The number of amides is 2. The van der Waals surface area contributed by atoms with Crippen LogP contribution in [-0.4, -0.2) is 43.5 Å². The number of hydrogen-bond acceptors (Lipinski definition) is 6. The Kier molecular flexibility index (Phi) is 7.25. The molecule has 168 valence electrons. The van der Waals surface area contributed by atoms with E-state index in [2.05, 4.69) is 5.32 Å². The van der Waals surface area contributed by atoms with Gasteiger partial charge >= 0.3 is 11.9 Å². The minimum Gasteiger partial charge on any atom is -0.462 e. The van der Waals surface area contributed by atoms with E-state index in [9.17, 15) is 19.2 Å². The molecule has 2 aromatic rings. The van der Waals surface area contributed by atoms with Gasteiger partial charge in [-0.1, -0.05) is 17.7 Å². The van der Waals surface area contributed by atoms with Crippen molar-refractivity contribution < 1.29 is 28.7 Å². The lowest BCUT2D eigenvalue weighted by Crippen LogP contribution is -2.28. The molecule has 0 unspecified atom stereocenters. The average molecular weight is 438 g/mol. The summed E-state index contributed by atoms with van der Waals surface area (Å²) in [4.78, 5) is 50.2. The Morgan fingerprint density at radius 1 is 1.06 bits per heavy atom. The molecular formula is C24H26N2O6. The van der Waals surface area contributed by atoms with Crippen LogP contribution in [0.2, 0.25) is 0 Å². The Morgan fingerprint density at radius 2 is 1.78 bits per heavy atom. The molecule has 8 heteroatoms. The van der Waals surface area contributed by atoms with Crippen molar-refractivity contribution >= 4 is 35.1 Å². The molecule has 0 aromatic heterocycles. The van der Waals surface area contributed by atoms with Gasteiger partial charge in [0.2, 0.25) is 5.91 Å². The number of nitrogens with one attached hydrogen (secondary N) is 1. The number of nitrogens with zero attached hydrogens (tertiary/aromatic N) is 1. The van der Waals surface area contributed by atoms with Crippen molar-refractivity contribution in [3.63, 3.8) is 0 Å². The summed E-state index contributed by atoms with van der Waals surface area (Å²) in [5.74, 6) is -2.37. The van der Waals surface area contributed by atoms with Crippen molar-refractivity contribution in [2.75, 3.05) is 30.0 Å². The van der Waals surface area contributed by atoms with Crippen molar-refractivity contribution in [3.05, 3.63) is 59.2 Å². The number of carbonyl (C=O) groups is 4. The van der Waals surface area contributed by atoms with Crippen LogP contribution < -0.4 is 10.2 Å². The first-order chi connectivity index (χ1) is 15.3. The number of carbonyl (C=O) groups excluding carboxylic acids is 4. The van der Waals surface area contributed by atoms with Gasteiger partial charge in [0.1, 0.15) is 0 Å². The third kappa shape index (κ3) is 5.51. The van der Waals surface area contributed by atoms with Crippen molar-refractivity contribution in [1.82, 2.24) is 0 Å². The molecule has 32 heavy (non-hydrogen) atoms. The number of benzene rings is 2. The molecule has 1 fully saturated rings. The van der Waals surface area contributed by atoms with Crippen LogP contribution in [0.15, 0.2) is 42.5 Å². The van der Waals surface area contributed by atoms with Gasteiger partial charge < -0.3 is 19.7 Å². The lowest BCUT2D eigenvalue weighted by Gasteiger charge is -2.17. The van der Waals surface area contributed by atoms with E-state index in [1.54, 1.807) is 37.3 Å². The van der Waals surface area contributed by atoms with Crippen molar-refractivity contribution in [1.29, 1.82) is 0 Å². The Hall–Kier alpha value is -3.68. The first-order valence-electron chi connectivity index (χ1n) is 10.4. The molecule has 0 spiro atoms. The SMILES string of the molecule is CCOC(=O)c1ccc(N2C[C@H](C(=O)OCC(=O)Nc3ccc(C)cc3C)CC2=O)cc1. The second-order valence-corrected chi connectivity index (χ2v) is 7.65. The van der Waals surface area contributed by atoms with Crippen LogP contribution in [0, 0.1) is 19.8 Å². The van der Waals surface area contributed by atoms with Gasteiger partial charge in [-0.2, -0.15) is 0 Å². The fraction of sp³-hybridized carbons (Fsp3) is 0.333. The van der Waals surface area contributed by atoms with Crippen LogP contribution in [-0.2, 0) is 23.9 Å². The topological polar surface area (TPSA) is 102 Å². The monoisotopic (exact) mass is 438 g/mol. The fourth-order valence-corrected chi connectivity index (χ4v) is 3.50. The summed E-state index contributed by atoms with van der Waals surface area (Å²) < 4.78 is 10.1. The molecule has 0 radical (unpaired) electrons. The molecule has 0 aliphatic carbocycles. The molecule has 3 rings (SSSR count). The summed E-state index contributed by atoms with van der Waals surface area (Å²) >= 11 is 0. The van der Waals surface area contributed by atoms with Gasteiger partial charge in [-0.15, -0.1) is 0 Å². The highest BCUT2D eigenvalue weighted by Crippen LogP contribution is 2.26. The average Bonchev–Trinajstić information content (AvgIpc) is 3.16. The molecule has 1 aliphatic heterocycles. The minimum absolute atomic E-state index is 0.00283. The highest BCUT2D eigenvalue weighted by atomic mass is 16.5. The number of anilines is 2. The molecule has 1 saturated heterocycles. The second kappa shape index (κ2) is 10.1. The maximum atomic E-state index is 12.4. The summed E-state index contributed by atoms with van der Waals surface area (Å²) in [7, 11) is 0. The molecule has 0 saturated carbocycles. The normalized spacial score (nSPS) is 15.4. The summed E-state index contributed by atoms with van der Waals surface area (Å²) in [5.41, 5.74) is 3.61. The zero-order valence-electron chi connectivity index (χ0n) is 18.3. The van der Waals surface area contributed by atoms with Gasteiger partial charge in [0.05, 0.1) is 18.1 Å². The quantitative estimate of drug-likeness (QED) is 0.667. The van der Waals surface area contributed by atoms with E-state index in [1.165, 1.54) is 4.90 Å². The molecule has 2 aromatic carbocycles. The molecule has 0 bridgehead atoms. The highest BCUT2D eigenvalue weighted by molar-refractivity contribution is 6.00. The number of esters is 2. The van der Waals surface area contributed by atoms with Gasteiger partial charge in [0, 0.05) is 24.3 Å². The zero-order chi connectivity index (χ0) is 23.3. The Bertz CT molecular complexity index is 1030. The molecule has 1 N–H and O–H groups in total. The standard InChI is InChI=1S/C24H26N2O6/c1-4-31-23(29)17-6-8-19(9-7-17)26-13-18(12-22(26)28)24(30)32-14-21(27)25-20-10-5-15(2)11-16(20)3/h5-11,18H,4,12-14H2,1-3H3,(H,25,27)/t18-/m1/s1. The van der Waals surface area contributed by atoms with Crippen LogP contribution in [0.1, 0.15) is 34.8 Å². The van der Waals surface area contributed by atoms with Gasteiger partial charge in [0.25, 0.3) is 5.91 Å². The molecule has 1 aliphatic rings. The molecule has 1 heterocycles. The van der Waals surface area contributed by atoms with Crippen LogP contribution in [0.4, 0.5) is 11.4 Å². The molecular weight excluding hydrogens is 412 g/mol. The maximum absolute atomic E-state index is 12.4. The summed E-state index contributed by atoms with van der Waals surface area (Å²) in [6.07, 6.45) is -0.00283. The Balaban J connectivity index is 1.53. The summed E-state index contributed by atoms with van der Waals surface area (Å²) in [6.45, 7) is 5.56. The predicted molar refractivity (Wildman–Crippen MR) is 118 cm³/mol. The van der Waals surface area contributed by atoms with Gasteiger partial charge in [-0.25, -0.2) is 4.79 Å². The van der Waals surface area contributed by atoms with E-state index in [0.717, 1.165) is 11.1 Å². The van der Waals surface area contributed by atoms with Gasteiger partial charge in [0.15, 0.2) is 6.61 Å². The highest BCUT2D eigenvalue weighted by Gasteiger charge is 2.36. The predicted octanol–water partition coefficient (Wildman–Crippen LogP) is 3.01. The second-order valence-electron chi connectivity index (χ2n) is 7.65. The first kappa shape index (κ1) is 23.0. The minimum atomic E-state index is -0.666. The van der Waals surface area contributed by atoms with Crippen molar-refractivity contribution in [3.8, 4) is 0 Å². The van der Waals surface area contributed by atoms with E-state index in [0.29, 0.717) is 16.9 Å². The Morgan fingerprint density at radius 3 is 2.44 bits per heavy atom. The third-order valence-corrected chi connectivity index (χ3v) is 5.15. The van der Waals surface area contributed by atoms with E-state index >= 15 is 0 Å². The van der Waals surface area contributed by atoms with Crippen LogP contribution >= 0.6 is 0 Å². The molecule has 1 atom stereocenters. The van der Waals surface area contributed by atoms with E-state index in [1.807, 2.05) is 26.0 Å². The van der Waals surface area contributed by atoms with E-state index < -0.39 is 30.4 Å². The van der Waals surface area contributed by atoms with Crippen molar-refractivity contribution in [2.45, 2.75) is 27.2 Å². The number of rotatable bonds is 7. The third-order valence-electron chi connectivity index (χ3n) is 5.15. The lowest BCUT2D eigenvalue weighted by atomic mass is 10.1. The summed E-state index contributed by atoms with van der Waals surface area (Å²) in [6, 6.07) is 12.0. The summed E-state index contributed by atoms with van der Waals surface area (Å²) in [5, 5.41) is 2.72. The smallest absolute Gasteiger partial charge is 0.338 e. The zero-order valence-corrected chi connectivity index (χ0v) is 18.3. The number of hydrogen-bond donors (Lipinski definition) is 1. The van der Waals surface area contributed by atoms with Crippen LogP contribution in [0.3, 0.4) is 0 Å². The van der Waals surface area contributed by atoms with Crippen molar-refractivity contribution in [2.24, 2.45) is 5.92 Å². The lowest BCUT2D eigenvalue weighted by molar-refractivity contribution is -0.151. The van der Waals surface area contributed by atoms with Crippen LogP contribution in [0.25, 0.3) is 0 Å². The van der Waals surface area contributed by atoms with E-state index in [-0.39, 0.29) is 25.5 Å². The molecule has 2 amide bonds.